The molecule has 0 saturated carbocycles. The molecular weight excluding hydrogens is 374 g/mol. The van der Waals surface area contributed by atoms with E-state index < -0.39 is 17.9 Å². The number of carbonyl (C=O) groups is 2. The van der Waals surface area contributed by atoms with E-state index in [4.69, 9.17) is 4.74 Å². The zero-order valence-corrected chi connectivity index (χ0v) is 15.9. The summed E-state index contributed by atoms with van der Waals surface area (Å²) in [5.41, 5.74) is 2.55. The van der Waals surface area contributed by atoms with Crippen LogP contribution >= 0.6 is 0 Å². The molecule has 4 aromatic rings. The summed E-state index contributed by atoms with van der Waals surface area (Å²) in [5, 5.41) is 11.1. The van der Waals surface area contributed by atoms with Gasteiger partial charge >= 0.3 is 5.97 Å². The molecule has 4 heterocycles. The van der Waals surface area contributed by atoms with Gasteiger partial charge in [-0.2, -0.15) is 0 Å². The fourth-order valence-corrected chi connectivity index (χ4v) is 3.09. The van der Waals surface area contributed by atoms with Crippen LogP contribution in [0, 0.1) is 0 Å². The highest BCUT2D eigenvalue weighted by Gasteiger charge is 2.24. The second kappa shape index (κ2) is 7.58. The number of aromatic nitrogens is 6. The van der Waals surface area contributed by atoms with Crippen molar-refractivity contribution in [1.29, 1.82) is 0 Å². The molecular formula is C19H19N7O3. The fraction of sp³-hybridized carbons (Fsp3) is 0.211. The van der Waals surface area contributed by atoms with Gasteiger partial charge in [0.15, 0.2) is 11.5 Å². The molecule has 0 unspecified atom stereocenters. The molecule has 4 aromatic heterocycles. The molecule has 1 amide bonds. The number of ether oxygens (including phenoxy) is 1. The van der Waals surface area contributed by atoms with E-state index in [9.17, 15) is 9.59 Å². The summed E-state index contributed by atoms with van der Waals surface area (Å²) in [6.45, 7) is 0. The minimum absolute atomic E-state index is 0.238. The van der Waals surface area contributed by atoms with Crippen molar-refractivity contribution in [3.63, 3.8) is 0 Å². The van der Waals surface area contributed by atoms with Gasteiger partial charge in [0.25, 0.3) is 5.91 Å². The number of H-pyrrole nitrogens is 1. The van der Waals surface area contributed by atoms with Crippen molar-refractivity contribution < 1.29 is 14.3 Å². The summed E-state index contributed by atoms with van der Waals surface area (Å²) in [7, 11) is 3.19. The highest BCUT2D eigenvalue weighted by Crippen LogP contribution is 2.19. The van der Waals surface area contributed by atoms with Gasteiger partial charge in [0, 0.05) is 37.8 Å². The molecule has 29 heavy (non-hydrogen) atoms. The molecule has 10 nitrogen and oxygen atoms in total. The van der Waals surface area contributed by atoms with Gasteiger partial charge in [-0.05, 0) is 24.3 Å². The molecule has 0 aliphatic rings. The predicted octanol–water partition coefficient (Wildman–Crippen LogP) is 0.972. The fourth-order valence-electron chi connectivity index (χ4n) is 3.09. The summed E-state index contributed by atoms with van der Waals surface area (Å²) in [6.07, 6.45) is 6.90. The Morgan fingerprint density at radius 2 is 2.14 bits per heavy atom. The number of imidazole rings is 1. The number of amides is 1. The van der Waals surface area contributed by atoms with Crippen molar-refractivity contribution in [1.82, 2.24) is 34.4 Å². The summed E-state index contributed by atoms with van der Waals surface area (Å²) < 4.78 is 8.48. The van der Waals surface area contributed by atoms with E-state index in [-0.39, 0.29) is 6.42 Å². The molecule has 10 heteroatoms. The summed E-state index contributed by atoms with van der Waals surface area (Å²) >= 11 is 0. The Morgan fingerprint density at radius 1 is 1.28 bits per heavy atom. The summed E-state index contributed by atoms with van der Waals surface area (Å²) in [5.74, 6) is -0.333. The molecule has 0 aliphatic carbocycles. The summed E-state index contributed by atoms with van der Waals surface area (Å²) in [4.78, 5) is 31.8. The monoisotopic (exact) mass is 393 g/mol. The first kappa shape index (κ1) is 18.4. The minimum atomic E-state index is -0.850. The Hall–Kier alpha value is -3.95. The zero-order valence-electron chi connectivity index (χ0n) is 15.9. The van der Waals surface area contributed by atoms with Gasteiger partial charge in [-0.25, -0.2) is 9.78 Å². The number of nitrogens with zero attached hydrogens (tertiary/aromatic N) is 5. The van der Waals surface area contributed by atoms with Crippen LogP contribution in [0.2, 0.25) is 0 Å². The molecule has 0 bridgehead atoms. The molecule has 0 radical (unpaired) electrons. The van der Waals surface area contributed by atoms with Crippen LogP contribution in [-0.2, 0) is 23.0 Å². The number of aryl methyl sites for hydroxylation is 1. The maximum absolute atomic E-state index is 12.8. The third-order valence-electron chi connectivity index (χ3n) is 4.61. The number of methoxy groups -OCH3 is 1. The standard InChI is InChI=1S/C19H19N7O3/c1-25-7-3-4-15(25)17-24-23-16-6-5-12(10-26(16)17)18(27)22-14(19(28)29-2)8-13-9-20-11-21-13/h3-7,9-11,14H,8H2,1-2H3,(H,20,21)(H,22,27)/t14-/m0/s1. The highest BCUT2D eigenvalue weighted by atomic mass is 16.5. The van der Waals surface area contributed by atoms with E-state index in [1.807, 2.05) is 29.9 Å². The molecule has 0 fully saturated rings. The molecule has 0 aromatic carbocycles. The van der Waals surface area contributed by atoms with Crippen molar-refractivity contribution in [2.45, 2.75) is 12.5 Å². The molecule has 148 valence electrons. The van der Waals surface area contributed by atoms with Crippen molar-refractivity contribution >= 4 is 17.5 Å². The van der Waals surface area contributed by atoms with Crippen LogP contribution in [0.1, 0.15) is 16.1 Å². The first-order valence-electron chi connectivity index (χ1n) is 8.89. The highest BCUT2D eigenvalue weighted by molar-refractivity contribution is 5.97. The lowest BCUT2D eigenvalue weighted by Crippen LogP contribution is -2.43. The van der Waals surface area contributed by atoms with E-state index in [0.29, 0.717) is 22.7 Å². The van der Waals surface area contributed by atoms with Crippen LogP contribution in [0.15, 0.2) is 49.2 Å². The van der Waals surface area contributed by atoms with Gasteiger partial charge in [-0.1, -0.05) is 0 Å². The number of pyridine rings is 1. The minimum Gasteiger partial charge on any atom is -0.467 e. The molecule has 4 rings (SSSR count). The van der Waals surface area contributed by atoms with Gasteiger partial charge in [0.05, 0.1) is 24.7 Å². The van der Waals surface area contributed by atoms with Gasteiger partial charge < -0.3 is 19.6 Å². The Kier molecular flexibility index (Phi) is 4.82. The maximum atomic E-state index is 12.8. The quantitative estimate of drug-likeness (QED) is 0.471. The van der Waals surface area contributed by atoms with Crippen molar-refractivity contribution in [3.8, 4) is 11.5 Å². The largest absolute Gasteiger partial charge is 0.467 e. The average molecular weight is 393 g/mol. The second-order valence-electron chi connectivity index (χ2n) is 6.50. The third kappa shape index (κ3) is 3.59. The number of aromatic amines is 1. The number of hydrogen-bond donors (Lipinski definition) is 2. The van der Waals surface area contributed by atoms with Crippen molar-refractivity contribution in [2.75, 3.05) is 7.11 Å². The van der Waals surface area contributed by atoms with E-state index in [1.165, 1.54) is 13.4 Å². The van der Waals surface area contributed by atoms with E-state index >= 15 is 0 Å². The number of hydrogen-bond acceptors (Lipinski definition) is 6. The SMILES string of the molecule is COC(=O)[C@H](Cc1cnc[nH]1)NC(=O)c1ccc2nnc(-c3cccn3C)n2c1. The Morgan fingerprint density at radius 3 is 2.83 bits per heavy atom. The lowest BCUT2D eigenvalue weighted by atomic mass is 10.1. The molecule has 1 atom stereocenters. The molecule has 0 saturated heterocycles. The number of rotatable bonds is 6. The average Bonchev–Trinajstić information content (AvgIpc) is 3.47. The molecule has 2 N–H and O–H groups in total. The van der Waals surface area contributed by atoms with Crippen molar-refractivity contribution in [2.24, 2.45) is 7.05 Å². The van der Waals surface area contributed by atoms with E-state index in [1.54, 1.807) is 28.9 Å². The Labute approximate surface area is 165 Å². The first-order chi connectivity index (χ1) is 14.1. The zero-order chi connectivity index (χ0) is 20.4. The lowest BCUT2D eigenvalue weighted by molar-refractivity contribution is -0.142. The number of carbonyl (C=O) groups excluding carboxylic acids is 2. The van der Waals surface area contributed by atoms with Gasteiger partial charge in [0.1, 0.15) is 6.04 Å². The predicted molar refractivity (Wildman–Crippen MR) is 103 cm³/mol. The van der Waals surface area contributed by atoms with Crippen LogP contribution in [0.25, 0.3) is 17.2 Å². The Balaban J connectivity index is 1.62. The first-order valence-corrected chi connectivity index (χ1v) is 8.89. The third-order valence-corrected chi connectivity index (χ3v) is 4.61. The number of nitrogens with one attached hydrogen (secondary N) is 2. The number of fused-ring (bicyclic) bond motifs is 1. The van der Waals surface area contributed by atoms with Crippen LogP contribution in [0.5, 0.6) is 0 Å². The normalized spacial score (nSPS) is 12.1. The van der Waals surface area contributed by atoms with Gasteiger partial charge in [0.2, 0.25) is 0 Å². The topological polar surface area (TPSA) is 119 Å². The molecule has 0 spiro atoms. The molecule has 0 aliphatic heterocycles. The lowest BCUT2D eigenvalue weighted by Gasteiger charge is -2.16. The van der Waals surface area contributed by atoms with E-state index in [0.717, 1.165) is 5.69 Å². The second-order valence-corrected chi connectivity index (χ2v) is 6.50. The Bertz CT molecular complexity index is 1160. The number of esters is 1. The summed E-state index contributed by atoms with van der Waals surface area (Å²) in [6, 6.07) is 6.32. The van der Waals surface area contributed by atoms with Crippen LogP contribution in [0.3, 0.4) is 0 Å². The van der Waals surface area contributed by atoms with Crippen LogP contribution in [0.4, 0.5) is 0 Å². The smallest absolute Gasteiger partial charge is 0.328 e. The van der Waals surface area contributed by atoms with Gasteiger partial charge in [-0.15, -0.1) is 10.2 Å². The van der Waals surface area contributed by atoms with Crippen molar-refractivity contribution in [3.05, 3.63) is 60.4 Å². The maximum Gasteiger partial charge on any atom is 0.328 e. The van der Waals surface area contributed by atoms with Crippen LogP contribution < -0.4 is 5.32 Å². The van der Waals surface area contributed by atoms with E-state index in [2.05, 4.69) is 25.5 Å². The van der Waals surface area contributed by atoms with Gasteiger partial charge in [-0.3, -0.25) is 9.20 Å². The van der Waals surface area contributed by atoms with Crippen LogP contribution in [-0.4, -0.2) is 54.2 Å².